The minimum atomic E-state index is 0.268. The van der Waals surface area contributed by atoms with E-state index >= 15 is 0 Å². The summed E-state index contributed by atoms with van der Waals surface area (Å²) in [7, 11) is 0. The van der Waals surface area contributed by atoms with E-state index in [4.69, 9.17) is 4.99 Å². The standard InChI is InChI=1S/C20H24N2/c1-14(2)15-7-8-19-18(11-15)16(13-21-19)5-3-9-20-12-17(20)6-4-10-22-20/h4,6-8,10-11,13-14,17,21H,3,5,9,12H2,1-2H3. The fraction of sp³-hybridized carbons (Fsp3) is 0.450. The van der Waals surface area contributed by atoms with E-state index in [1.807, 2.05) is 6.21 Å². The van der Waals surface area contributed by atoms with E-state index in [2.05, 4.69) is 55.4 Å². The van der Waals surface area contributed by atoms with Gasteiger partial charge < -0.3 is 4.98 Å². The predicted octanol–water partition coefficient (Wildman–Crippen LogP) is 5.01. The van der Waals surface area contributed by atoms with Crippen LogP contribution in [0.15, 0.2) is 41.5 Å². The van der Waals surface area contributed by atoms with Crippen molar-refractivity contribution < 1.29 is 0 Å². The Hall–Kier alpha value is -1.83. The number of dihydropyridines is 1. The summed E-state index contributed by atoms with van der Waals surface area (Å²) >= 11 is 0. The molecule has 2 atom stereocenters. The first-order chi connectivity index (χ1) is 10.7. The lowest BCUT2D eigenvalue weighted by Gasteiger charge is -2.13. The number of aromatic nitrogens is 1. The van der Waals surface area contributed by atoms with Crippen LogP contribution in [-0.2, 0) is 6.42 Å². The number of aromatic amines is 1. The molecule has 0 radical (unpaired) electrons. The lowest BCUT2D eigenvalue weighted by molar-refractivity contribution is 0.555. The predicted molar refractivity (Wildman–Crippen MR) is 93.8 cm³/mol. The molecule has 1 N–H and O–H groups in total. The van der Waals surface area contributed by atoms with Gasteiger partial charge in [-0.3, -0.25) is 4.99 Å². The molecule has 1 saturated carbocycles. The van der Waals surface area contributed by atoms with Gasteiger partial charge >= 0.3 is 0 Å². The molecule has 1 aliphatic carbocycles. The maximum absolute atomic E-state index is 4.73. The number of fused-ring (bicyclic) bond motifs is 2. The highest BCUT2D eigenvalue weighted by molar-refractivity contribution is 5.84. The summed E-state index contributed by atoms with van der Waals surface area (Å²) in [6.45, 7) is 4.52. The maximum atomic E-state index is 4.73. The molecule has 1 fully saturated rings. The van der Waals surface area contributed by atoms with E-state index in [1.54, 1.807) is 0 Å². The summed E-state index contributed by atoms with van der Waals surface area (Å²) in [6.07, 6.45) is 13.5. The lowest BCUT2D eigenvalue weighted by Crippen LogP contribution is -2.11. The highest BCUT2D eigenvalue weighted by atomic mass is 14.9. The molecule has 2 heterocycles. The summed E-state index contributed by atoms with van der Waals surface area (Å²) in [6, 6.07) is 6.83. The molecule has 2 unspecified atom stereocenters. The van der Waals surface area contributed by atoms with Crippen molar-refractivity contribution in [3.63, 3.8) is 0 Å². The van der Waals surface area contributed by atoms with Crippen molar-refractivity contribution in [2.75, 3.05) is 0 Å². The highest BCUT2D eigenvalue weighted by Gasteiger charge is 2.52. The summed E-state index contributed by atoms with van der Waals surface area (Å²) in [5, 5.41) is 1.41. The van der Waals surface area contributed by atoms with Crippen LogP contribution in [0.4, 0.5) is 0 Å². The van der Waals surface area contributed by atoms with Gasteiger partial charge in [-0.25, -0.2) is 0 Å². The quantitative estimate of drug-likeness (QED) is 0.802. The molecule has 0 amide bonds. The van der Waals surface area contributed by atoms with E-state index < -0.39 is 0 Å². The van der Waals surface area contributed by atoms with Crippen molar-refractivity contribution in [2.45, 2.75) is 51.0 Å². The molecule has 1 aromatic heterocycles. The molecule has 0 spiro atoms. The summed E-state index contributed by atoms with van der Waals surface area (Å²) in [5.41, 5.74) is 4.42. The molecular weight excluding hydrogens is 268 g/mol. The van der Waals surface area contributed by atoms with Crippen molar-refractivity contribution in [2.24, 2.45) is 10.9 Å². The van der Waals surface area contributed by atoms with Crippen molar-refractivity contribution >= 4 is 17.1 Å². The van der Waals surface area contributed by atoms with Gasteiger partial charge in [-0.15, -0.1) is 0 Å². The number of allylic oxidation sites excluding steroid dienone is 1. The number of hydrogen-bond acceptors (Lipinski definition) is 1. The van der Waals surface area contributed by atoms with Crippen molar-refractivity contribution in [1.29, 1.82) is 0 Å². The largest absolute Gasteiger partial charge is 0.361 e. The molecule has 1 aromatic carbocycles. The van der Waals surface area contributed by atoms with Crippen LogP contribution in [0.25, 0.3) is 10.9 Å². The van der Waals surface area contributed by atoms with E-state index in [0.29, 0.717) is 11.8 Å². The third kappa shape index (κ3) is 2.31. The SMILES string of the molecule is CC(C)c1ccc2[nH]cc(CCCC34CC3C=CC=N4)c2c1. The first-order valence-corrected chi connectivity index (χ1v) is 8.50. The second-order valence-electron chi connectivity index (χ2n) is 7.20. The third-order valence-electron chi connectivity index (χ3n) is 5.38. The average molecular weight is 292 g/mol. The normalized spacial score (nSPS) is 25.9. The molecule has 2 aliphatic rings. The van der Waals surface area contributed by atoms with Gasteiger partial charge in [-0.1, -0.05) is 26.0 Å². The first kappa shape index (κ1) is 13.8. The van der Waals surface area contributed by atoms with Crippen molar-refractivity contribution in [3.8, 4) is 0 Å². The summed E-state index contributed by atoms with van der Waals surface area (Å²) in [5.74, 6) is 1.30. The fourth-order valence-electron chi connectivity index (χ4n) is 3.79. The van der Waals surface area contributed by atoms with Crippen LogP contribution in [0.3, 0.4) is 0 Å². The Morgan fingerprint density at radius 1 is 1.36 bits per heavy atom. The zero-order valence-electron chi connectivity index (χ0n) is 13.5. The van der Waals surface area contributed by atoms with Gasteiger partial charge in [0.1, 0.15) is 0 Å². The Morgan fingerprint density at radius 3 is 3.09 bits per heavy atom. The Labute approximate surface area is 132 Å². The van der Waals surface area contributed by atoms with Gasteiger partial charge in [0, 0.05) is 29.2 Å². The minimum absolute atomic E-state index is 0.268. The minimum Gasteiger partial charge on any atom is -0.361 e. The number of hydrogen-bond donors (Lipinski definition) is 1. The number of rotatable bonds is 5. The summed E-state index contributed by atoms with van der Waals surface area (Å²) in [4.78, 5) is 8.16. The van der Waals surface area contributed by atoms with E-state index in [0.717, 1.165) is 6.42 Å². The van der Waals surface area contributed by atoms with Crippen LogP contribution in [0.1, 0.15) is 50.2 Å². The zero-order valence-corrected chi connectivity index (χ0v) is 13.5. The van der Waals surface area contributed by atoms with Gasteiger partial charge in [0.25, 0.3) is 0 Å². The smallest absolute Gasteiger partial charge is 0.0678 e. The third-order valence-corrected chi connectivity index (χ3v) is 5.38. The number of aryl methyl sites for hydroxylation is 1. The Kier molecular flexibility index (Phi) is 3.21. The van der Waals surface area contributed by atoms with Crippen LogP contribution in [0.5, 0.6) is 0 Å². The molecule has 2 nitrogen and oxygen atoms in total. The second-order valence-corrected chi connectivity index (χ2v) is 7.20. The van der Waals surface area contributed by atoms with E-state index in [-0.39, 0.29) is 5.54 Å². The molecule has 2 aromatic rings. The van der Waals surface area contributed by atoms with Crippen LogP contribution >= 0.6 is 0 Å². The van der Waals surface area contributed by atoms with Gasteiger partial charge in [0.05, 0.1) is 5.54 Å². The van der Waals surface area contributed by atoms with Crippen LogP contribution < -0.4 is 0 Å². The molecule has 22 heavy (non-hydrogen) atoms. The molecule has 114 valence electrons. The van der Waals surface area contributed by atoms with Gasteiger partial charge in [0.15, 0.2) is 0 Å². The maximum Gasteiger partial charge on any atom is 0.0678 e. The van der Waals surface area contributed by atoms with E-state index in [9.17, 15) is 0 Å². The van der Waals surface area contributed by atoms with Crippen molar-refractivity contribution in [3.05, 3.63) is 47.7 Å². The van der Waals surface area contributed by atoms with Gasteiger partial charge in [-0.2, -0.15) is 0 Å². The van der Waals surface area contributed by atoms with Gasteiger partial charge in [0.2, 0.25) is 0 Å². The van der Waals surface area contributed by atoms with Crippen molar-refractivity contribution in [1.82, 2.24) is 4.98 Å². The Balaban J connectivity index is 1.47. The Morgan fingerprint density at radius 2 is 2.27 bits per heavy atom. The fourth-order valence-corrected chi connectivity index (χ4v) is 3.79. The van der Waals surface area contributed by atoms with Crippen LogP contribution in [-0.4, -0.2) is 16.7 Å². The van der Waals surface area contributed by atoms with Gasteiger partial charge in [-0.05, 0) is 60.9 Å². The number of nitrogens with one attached hydrogen (secondary N) is 1. The van der Waals surface area contributed by atoms with Crippen LogP contribution in [0.2, 0.25) is 0 Å². The second kappa shape index (κ2) is 5.12. The number of benzene rings is 1. The monoisotopic (exact) mass is 292 g/mol. The lowest BCUT2D eigenvalue weighted by atomic mass is 9.97. The van der Waals surface area contributed by atoms with E-state index in [1.165, 1.54) is 41.3 Å². The molecular formula is C20H24N2. The number of nitrogens with zero attached hydrogens (tertiary/aromatic N) is 1. The molecule has 0 saturated heterocycles. The highest BCUT2D eigenvalue weighted by Crippen LogP contribution is 2.52. The first-order valence-electron chi connectivity index (χ1n) is 8.50. The Bertz CT molecular complexity index is 750. The summed E-state index contributed by atoms with van der Waals surface area (Å²) < 4.78 is 0. The number of aliphatic imine (C=N–C) groups is 1. The molecule has 2 heteroatoms. The molecule has 0 bridgehead atoms. The zero-order chi connectivity index (χ0) is 15.2. The van der Waals surface area contributed by atoms with Crippen LogP contribution in [0, 0.1) is 5.92 Å². The molecule has 1 aliphatic heterocycles. The topological polar surface area (TPSA) is 28.1 Å². The number of H-pyrrole nitrogens is 1. The average Bonchev–Trinajstić information content (AvgIpc) is 3.12. The molecule has 4 rings (SSSR count).